The van der Waals surface area contributed by atoms with Gasteiger partial charge in [-0.05, 0) is 25.1 Å². The largest absolute Gasteiger partial charge is 0.493 e. The van der Waals surface area contributed by atoms with E-state index in [9.17, 15) is 9.90 Å². The van der Waals surface area contributed by atoms with Crippen LogP contribution in [-0.2, 0) is 0 Å². The number of benzene rings is 1. The SMILES string of the molecule is COc1cc(C(C)=O)ccc1OC[C@@H](O)C[NH+]1CCCC1. The molecule has 0 unspecified atom stereocenters. The van der Waals surface area contributed by atoms with Crippen molar-refractivity contribution in [3.05, 3.63) is 23.8 Å². The van der Waals surface area contributed by atoms with Gasteiger partial charge in [-0.1, -0.05) is 0 Å². The topological polar surface area (TPSA) is 60.2 Å². The highest BCUT2D eigenvalue weighted by Gasteiger charge is 2.20. The van der Waals surface area contributed by atoms with Crippen molar-refractivity contribution in [3.8, 4) is 11.5 Å². The summed E-state index contributed by atoms with van der Waals surface area (Å²) in [5.74, 6) is 1.05. The van der Waals surface area contributed by atoms with Gasteiger partial charge in [0.1, 0.15) is 19.3 Å². The summed E-state index contributed by atoms with van der Waals surface area (Å²) in [6.07, 6.45) is 1.99. The van der Waals surface area contributed by atoms with E-state index in [2.05, 4.69) is 0 Å². The lowest BCUT2D eigenvalue weighted by molar-refractivity contribution is -0.890. The fraction of sp³-hybridized carbons (Fsp3) is 0.562. The number of hydrogen-bond donors (Lipinski definition) is 2. The minimum absolute atomic E-state index is 0.0162. The van der Waals surface area contributed by atoms with Gasteiger partial charge in [-0.2, -0.15) is 0 Å². The molecular formula is C16H24NO4+. The summed E-state index contributed by atoms with van der Waals surface area (Å²) in [6.45, 7) is 4.73. The van der Waals surface area contributed by atoms with E-state index < -0.39 is 6.10 Å². The molecule has 1 aliphatic rings. The van der Waals surface area contributed by atoms with Crippen molar-refractivity contribution < 1.29 is 24.3 Å². The molecule has 0 saturated carbocycles. The van der Waals surface area contributed by atoms with E-state index in [0.717, 1.165) is 13.1 Å². The molecule has 1 atom stereocenters. The van der Waals surface area contributed by atoms with E-state index in [4.69, 9.17) is 9.47 Å². The van der Waals surface area contributed by atoms with E-state index in [1.807, 2.05) is 0 Å². The van der Waals surface area contributed by atoms with Crippen molar-refractivity contribution in [2.24, 2.45) is 0 Å². The number of aliphatic hydroxyl groups is 1. The van der Waals surface area contributed by atoms with Crippen LogP contribution in [0.2, 0.25) is 0 Å². The Kier molecular flexibility index (Phi) is 5.59. The molecular weight excluding hydrogens is 270 g/mol. The lowest BCUT2D eigenvalue weighted by Gasteiger charge is -2.18. The van der Waals surface area contributed by atoms with Crippen molar-refractivity contribution in [2.75, 3.05) is 33.4 Å². The molecule has 1 fully saturated rings. The fourth-order valence-electron chi connectivity index (χ4n) is 2.66. The Balaban J connectivity index is 1.90. The normalized spacial score (nSPS) is 16.7. The highest BCUT2D eigenvalue weighted by molar-refractivity contribution is 5.94. The molecule has 0 bridgehead atoms. The number of quaternary nitrogens is 1. The van der Waals surface area contributed by atoms with Gasteiger partial charge in [0.2, 0.25) is 0 Å². The number of Topliss-reactive ketones (excluding diaryl/α,β-unsaturated/α-hetero) is 1. The summed E-state index contributed by atoms with van der Waals surface area (Å²) in [7, 11) is 1.54. The van der Waals surface area contributed by atoms with E-state index in [1.165, 1.54) is 31.8 Å². The van der Waals surface area contributed by atoms with Crippen LogP contribution in [0.15, 0.2) is 18.2 Å². The molecule has 0 aliphatic carbocycles. The molecule has 2 N–H and O–H groups in total. The van der Waals surface area contributed by atoms with Gasteiger partial charge in [-0.15, -0.1) is 0 Å². The van der Waals surface area contributed by atoms with E-state index >= 15 is 0 Å². The molecule has 1 saturated heterocycles. The molecule has 116 valence electrons. The van der Waals surface area contributed by atoms with Crippen LogP contribution >= 0.6 is 0 Å². The van der Waals surface area contributed by atoms with Crippen LogP contribution < -0.4 is 14.4 Å². The van der Waals surface area contributed by atoms with Crippen LogP contribution in [0.5, 0.6) is 11.5 Å². The van der Waals surface area contributed by atoms with Gasteiger partial charge < -0.3 is 19.5 Å². The number of nitrogens with one attached hydrogen (secondary N) is 1. The van der Waals surface area contributed by atoms with Gasteiger partial charge in [0.15, 0.2) is 17.3 Å². The number of hydrogen-bond acceptors (Lipinski definition) is 4. The Morgan fingerprint density at radius 3 is 2.67 bits per heavy atom. The van der Waals surface area contributed by atoms with Crippen LogP contribution in [-0.4, -0.2) is 50.3 Å². The monoisotopic (exact) mass is 294 g/mol. The third-order valence-electron chi connectivity index (χ3n) is 3.84. The number of carbonyl (C=O) groups excluding carboxylic acids is 1. The zero-order valence-corrected chi connectivity index (χ0v) is 12.7. The predicted molar refractivity (Wildman–Crippen MR) is 79.3 cm³/mol. The average Bonchev–Trinajstić information content (AvgIpc) is 2.97. The zero-order chi connectivity index (χ0) is 15.2. The van der Waals surface area contributed by atoms with E-state index in [0.29, 0.717) is 23.6 Å². The highest BCUT2D eigenvalue weighted by atomic mass is 16.5. The minimum Gasteiger partial charge on any atom is -0.493 e. The van der Waals surface area contributed by atoms with Crippen LogP contribution in [0.25, 0.3) is 0 Å². The molecule has 1 aromatic carbocycles. The number of rotatable bonds is 7. The molecule has 1 heterocycles. The van der Waals surface area contributed by atoms with Crippen LogP contribution in [0, 0.1) is 0 Å². The van der Waals surface area contributed by atoms with E-state index in [-0.39, 0.29) is 12.4 Å². The number of carbonyl (C=O) groups is 1. The van der Waals surface area contributed by atoms with Crippen molar-refractivity contribution in [1.82, 2.24) is 0 Å². The standard InChI is InChI=1S/C16H23NO4/c1-12(18)13-5-6-15(16(9-13)20-2)21-11-14(19)10-17-7-3-4-8-17/h5-6,9,14,19H,3-4,7-8,10-11H2,1-2H3/p+1/t14-/m0/s1. The van der Waals surface area contributed by atoms with Gasteiger partial charge in [0, 0.05) is 18.4 Å². The summed E-state index contributed by atoms with van der Waals surface area (Å²) >= 11 is 0. The summed E-state index contributed by atoms with van der Waals surface area (Å²) < 4.78 is 10.9. The molecule has 2 rings (SSSR count). The second kappa shape index (κ2) is 7.43. The maximum Gasteiger partial charge on any atom is 0.161 e. The van der Waals surface area contributed by atoms with Crippen LogP contribution in [0.4, 0.5) is 0 Å². The van der Waals surface area contributed by atoms with Gasteiger partial charge in [-0.3, -0.25) is 4.79 Å². The first-order chi connectivity index (χ1) is 10.1. The summed E-state index contributed by atoms with van der Waals surface area (Å²) in [5, 5.41) is 10.0. The molecule has 5 heteroatoms. The summed E-state index contributed by atoms with van der Waals surface area (Å²) in [5.41, 5.74) is 0.584. The Labute approximate surface area is 125 Å². The fourth-order valence-corrected chi connectivity index (χ4v) is 2.66. The molecule has 21 heavy (non-hydrogen) atoms. The van der Waals surface area contributed by atoms with Crippen molar-refractivity contribution >= 4 is 5.78 Å². The Morgan fingerprint density at radius 2 is 2.05 bits per heavy atom. The third-order valence-corrected chi connectivity index (χ3v) is 3.84. The van der Waals surface area contributed by atoms with E-state index in [1.54, 1.807) is 18.2 Å². The zero-order valence-electron chi connectivity index (χ0n) is 12.7. The molecule has 0 spiro atoms. The van der Waals surface area contributed by atoms with Crippen molar-refractivity contribution in [1.29, 1.82) is 0 Å². The van der Waals surface area contributed by atoms with Gasteiger partial charge >= 0.3 is 0 Å². The maximum absolute atomic E-state index is 11.3. The van der Waals surface area contributed by atoms with Crippen molar-refractivity contribution in [2.45, 2.75) is 25.9 Å². The summed E-state index contributed by atoms with van der Waals surface area (Å²) in [4.78, 5) is 12.8. The quantitative estimate of drug-likeness (QED) is 0.711. The predicted octanol–water partition coefficient (Wildman–Crippen LogP) is 0.316. The van der Waals surface area contributed by atoms with Crippen LogP contribution in [0.3, 0.4) is 0 Å². The Bertz CT molecular complexity index is 483. The first-order valence-electron chi connectivity index (χ1n) is 7.43. The van der Waals surface area contributed by atoms with Crippen LogP contribution in [0.1, 0.15) is 30.1 Å². The number of likely N-dealkylation sites (tertiary alicyclic amines) is 1. The first kappa shape index (κ1) is 15.8. The molecule has 0 radical (unpaired) electrons. The molecule has 1 aliphatic heterocycles. The lowest BCUT2D eigenvalue weighted by Crippen LogP contribution is -3.11. The second-order valence-electron chi connectivity index (χ2n) is 5.55. The molecule has 0 amide bonds. The highest BCUT2D eigenvalue weighted by Crippen LogP contribution is 2.28. The minimum atomic E-state index is -0.490. The van der Waals surface area contributed by atoms with Gasteiger partial charge in [0.05, 0.1) is 20.2 Å². The van der Waals surface area contributed by atoms with Gasteiger partial charge in [0.25, 0.3) is 0 Å². The first-order valence-corrected chi connectivity index (χ1v) is 7.43. The number of aliphatic hydroxyl groups excluding tert-OH is 1. The number of methoxy groups -OCH3 is 1. The lowest BCUT2D eigenvalue weighted by atomic mass is 10.1. The number of ketones is 1. The molecule has 0 aromatic heterocycles. The molecule has 5 nitrogen and oxygen atoms in total. The van der Waals surface area contributed by atoms with Crippen molar-refractivity contribution in [3.63, 3.8) is 0 Å². The Morgan fingerprint density at radius 1 is 1.33 bits per heavy atom. The third kappa shape index (κ3) is 4.44. The molecule has 1 aromatic rings. The smallest absolute Gasteiger partial charge is 0.161 e. The maximum atomic E-state index is 11.3. The summed E-state index contributed by atoms with van der Waals surface area (Å²) in [6, 6.07) is 5.08. The Hall–Kier alpha value is -1.59. The second-order valence-corrected chi connectivity index (χ2v) is 5.55. The van der Waals surface area contributed by atoms with Gasteiger partial charge in [-0.25, -0.2) is 0 Å². The number of ether oxygens (including phenoxy) is 2. The average molecular weight is 294 g/mol.